The monoisotopic (exact) mass is 494 g/mol. The minimum Gasteiger partial charge on any atom is -0.493 e. The molecule has 1 atom stereocenters. The molecule has 0 amide bonds. The molecule has 37 heavy (non-hydrogen) atoms. The Hall–Kier alpha value is -4.40. The third kappa shape index (κ3) is 4.84. The van der Waals surface area contributed by atoms with Crippen LogP contribution < -0.4 is 4.74 Å². The molecule has 1 N–H and O–H groups in total. The van der Waals surface area contributed by atoms with Gasteiger partial charge in [-0.25, -0.2) is 9.97 Å². The summed E-state index contributed by atoms with van der Waals surface area (Å²) in [5.74, 6) is -0.189. The van der Waals surface area contributed by atoms with E-state index in [4.69, 9.17) is 9.72 Å². The summed E-state index contributed by atoms with van der Waals surface area (Å²) in [6.45, 7) is 0.525. The zero-order valence-corrected chi connectivity index (χ0v) is 20.2. The number of nitrogens with zero attached hydrogens (tertiary/aromatic N) is 6. The zero-order valence-electron chi connectivity index (χ0n) is 20.2. The third-order valence-electron chi connectivity index (χ3n) is 6.82. The second kappa shape index (κ2) is 9.93. The first kappa shape index (κ1) is 23.0. The van der Waals surface area contributed by atoms with Crippen molar-refractivity contribution in [2.24, 2.45) is 0 Å². The van der Waals surface area contributed by atoms with E-state index in [2.05, 4.69) is 32.2 Å². The average Bonchev–Trinajstić information content (AvgIpc) is 3.34. The second-order valence-electron chi connectivity index (χ2n) is 9.31. The number of fused-ring (bicyclic) bond motifs is 3. The molecule has 9 nitrogen and oxygen atoms in total. The largest absolute Gasteiger partial charge is 0.493 e. The lowest BCUT2D eigenvalue weighted by atomic mass is 9.96. The molecule has 1 aromatic carbocycles. The molecular formula is C28H26N6O3. The topological polar surface area (TPSA) is 116 Å². The van der Waals surface area contributed by atoms with Crippen LogP contribution in [0.15, 0.2) is 61.2 Å². The number of aryl methyl sites for hydroxylation is 2. The van der Waals surface area contributed by atoms with E-state index in [-0.39, 0.29) is 6.42 Å². The van der Waals surface area contributed by atoms with Gasteiger partial charge in [-0.3, -0.25) is 19.4 Å². The first-order valence-electron chi connectivity index (χ1n) is 12.5. The predicted molar refractivity (Wildman–Crippen MR) is 138 cm³/mol. The number of pyridine rings is 2. The summed E-state index contributed by atoms with van der Waals surface area (Å²) in [6, 6.07) is 11.3. The van der Waals surface area contributed by atoms with Crippen molar-refractivity contribution in [3.63, 3.8) is 0 Å². The minimum atomic E-state index is -0.927. The first-order chi connectivity index (χ1) is 18.1. The highest BCUT2D eigenvalue weighted by Gasteiger charge is 2.22. The maximum atomic E-state index is 11.7. The molecule has 0 saturated carbocycles. The Balaban J connectivity index is 1.21. The highest BCUT2D eigenvalue weighted by atomic mass is 16.5. The Bertz CT molecular complexity index is 1600. The Morgan fingerprint density at radius 1 is 1.03 bits per heavy atom. The summed E-state index contributed by atoms with van der Waals surface area (Å²) in [5.41, 5.74) is 6.32. The Labute approximate surface area is 213 Å². The molecule has 0 saturated heterocycles. The summed E-state index contributed by atoms with van der Waals surface area (Å²) < 4.78 is 7.76. The van der Waals surface area contributed by atoms with Crippen molar-refractivity contribution in [1.82, 2.24) is 29.7 Å². The van der Waals surface area contributed by atoms with Gasteiger partial charge < -0.3 is 9.84 Å². The van der Waals surface area contributed by atoms with E-state index < -0.39 is 12.0 Å². The number of aromatic nitrogens is 6. The molecule has 5 aromatic rings. The maximum Gasteiger partial charge on any atom is 0.305 e. The normalized spacial score (nSPS) is 13.9. The van der Waals surface area contributed by atoms with Crippen molar-refractivity contribution in [2.75, 3.05) is 6.61 Å². The molecular weight excluding hydrogens is 468 g/mol. The average molecular weight is 495 g/mol. The lowest BCUT2D eigenvalue weighted by Crippen LogP contribution is -2.16. The van der Waals surface area contributed by atoms with Crippen molar-refractivity contribution < 1.29 is 14.6 Å². The molecule has 4 heterocycles. The van der Waals surface area contributed by atoms with Gasteiger partial charge in [-0.15, -0.1) is 0 Å². The fraction of sp³-hybridized carbons (Fsp3) is 0.286. The van der Waals surface area contributed by atoms with E-state index >= 15 is 0 Å². The van der Waals surface area contributed by atoms with Gasteiger partial charge in [-0.1, -0.05) is 6.07 Å². The lowest BCUT2D eigenvalue weighted by molar-refractivity contribution is -0.137. The molecule has 0 spiro atoms. The highest BCUT2D eigenvalue weighted by Crippen LogP contribution is 2.29. The van der Waals surface area contributed by atoms with E-state index in [9.17, 15) is 9.90 Å². The van der Waals surface area contributed by atoms with Crippen LogP contribution in [-0.2, 0) is 24.1 Å². The van der Waals surface area contributed by atoms with Gasteiger partial charge in [0.1, 0.15) is 11.3 Å². The SMILES string of the molecule is O=C(O)C[C@@H](c1cnc2nccnc2c1)n1ncc2cc(OCCc3ccc4c(n3)CCCC4)ccc21. The highest BCUT2D eigenvalue weighted by molar-refractivity contribution is 5.81. The second-order valence-corrected chi connectivity index (χ2v) is 9.31. The van der Waals surface area contributed by atoms with Gasteiger partial charge in [0.25, 0.3) is 0 Å². The summed E-state index contributed by atoms with van der Waals surface area (Å²) in [6.07, 6.45) is 11.8. The molecule has 0 fully saturated rings. The van der Waals surface area contributed by atoms with Crippen LogP contribution in [0.25, 0.3) is 22.1 Å². The van der Waals surface area contributed by atoms with Crippen LogP contribution in [0, 0.1) is 0 Å². The minimum absolute atomic E-state index is 0.143. The first-order valence-corrected chi connectivity index (χ1v) is 12.5. The van der Waals surface area contributed by atoms with E-state index in [0.717, 1.165) is 41.6 Å². The Morgan fingerprint density at radius 2 is 1.92 bits per heavy atom. The zero-order chi connectivity index (χ0) is 25.2. The van der Waals surface area contributed by atoms with Gasteiger partial charge in [-0.05, 0) is 67.1 Å². The predicted octanol–water partition coefficient (Wildman–Crippen LogP) is 4.33. The molecule has 4 aromatic heterocycles. The molecule has 0 radical (unpaired) electrons. The fourth-order valence-electron chi connectivity index (χ4n) is 4.98. The van der Waals surface area contributed by atoms with Gasteiger partial charge in [0.2, 0.25) is 0 Å². The van der Waals surface area contributed by atoms with E-state index in [1.807, 2.05) is 24.3 Å². The number of benzene rings is 1. The van der Waals surface area contributed by atoms with Crippen LogP contribution >= 0.6 is 0 Å². The van der Waals surface area contributed by atoms with Gasteiger partial charge in [0, 0.05) is 41.8 Å². The van der Waals surface area contributed by atoms with Crippen LogP contribution in [0.1, 0.15) is 47.8 Å². The van der Waals surface area contributed by atoms with Crippen LogP contribution in [0.4, 0.5) is 0 Å². The summed E-state index contributed by atoms with van der Waals surface area (Å²) in [4.78, 5) is 29.4. The molecule has 0 aliphatic heterocycles. The van der Waals surface area contributed by atoms with Crippen molar-refractivity contribution in [2.45, 2.75) is 44.6 Å². The van der Waals surface area contributed by atoms with Crippen molar-refractivity contribution in [3.05, 3.63) is 83.7 Å². The quantitative estimate of drug-likeness (QED) is 0.339. The summed E-state index contributed by atoms with van der Waals surface area (Å²) in [5, 5.41) is 15.0. The standard InChI is InChI=1S/C28H26N6O3/c35-27(36)15-26(20-14-24-28(31-16-20)30-11-10-29-24)34-25-8-7-22(13-19(25)17-32-34)37-12-9-21-6-5-18-3-1-2-4-23(18)33-21/h5-8,10-11,13-14,16-17,26H,1-4,9,12,15H2,(H,35,36)/t26-/m0/s1. The maximum absolute atomic E-state index is 11.7. The number of hydrogen-bond acceptors (Lipinski definition) is 7. The van der Waals surface area contributed by atoms with Crippen molar-refractivity contribution in [1.29, 1.82) is 0 Å². The fourth-order valence-corrected chi connectivity index (χ4v) is 4.98. The van der Waals surface area contributed by atoms with Gasteiger partial charge in [-0.2, -0.15) is 5.10 Å². The van der Waals surface area contributed by atoms with Crippen LogP contribution in [0.3, 0.4) is 0 Å². The van der Waals surface area contributed by atoms with E-state index in [0.29, 0.717) is 23.3 Å². The number of aliphatic carboxylic acids is 1. The van der Waals surface area contributed by atoms with Crippen LogP contribution in [0.2, 0.25) is 0 Å². The van der Waals surface area contributed by atoms with E-state index in [1.54, 1.807) is 29.5 Å². The number of carbonyl (C=O) groups is 1. The molecule has 9 heteroatoms. The summed E-state index contributed by atoms with van der Waals surface area (Å²) in [7, 11) is 0. The number of carboxylic acid groups (broad SMARTS) is 1. The van der Waals surface area contributed by atoms with E-state index in [1.165, 1.54) is 24.1 Å². The van der Waals surface area contributed by atoms with Crippen LogP contribution in [-0.4, -0.2) is 47.4 Å². The van der Waals surface area contributed by atoms with Gasteiger partial charge in [0.05, 0.1) is 30.8 Å². The number of ether oxygens (including phenoxy) is 1. The Kier molecular flexibility index (Phi) is 6.18. The Morgan fingerprint density at radius 3 is 2.84 bits per heavy atom. The number of carboxylic acids is 1. The smallest absolute Gasteiger partial charge is 0.305 e. The molecule has 6 rings (SSSR count). The van der Waals surface area contributed by atoms with Crippen molar-refractivity contribution >= 4 is 28.0 Å². The molecule has 0 bridgehead atoms. The molecule has 186 valence electrons. The molecule has 1 aliphatic carbocycles. The molecule has 1 aliphatic rings. The van der Waals surface area contributed by atoms with Crippen molar-refractivity contribution in [3.8, 4) is 5.75 Å². The van der Waals surface area contributed by atoms with Gasteiger partial charge in [0.15, 0.2) is 5.65 Å². The van der Waals surface area contributed by atoms with Crippen LogP contribution in [0.5, 0.6) is 5.75 Å². The molecule has 0 unspecified atom stereocenters. The van der Waals surface area contributed by atoms with Gasteiger partial charge >= 0.3 is 5.97 Å². The lowest BCUT2D eigenvalue weighted by Gasteiger charge is -2.17. The number of hydrogen-bond donors (Lipinski definition) is 1. The third-order valence-corrected chi connectivity index (χ3v) is 6.82. The summed E-state index contributed by atoms with van der Waals surface area (Å²) >= 11 is 0. The number of rotatable bonds is 8.